The van der Waals surface area contributed by atoms with Crippen LogP contribution in [0.4, 0.5) is 0 Å². The van der Waals surface area contributed by atoms with Gasteiger partial charge in [-0.2, -0.15) is 8.42 Å². The molecule has 4 aliphatic carbocycles. The van der Waals surface area contributed by atoms with Gasteiger partial charge in [0, 0.05) is 38.2 Å². The van der Waals surface area contributed by atoms with Crippen molar-refractivity contribution in [3.8, 4) is 0 Å². The fraction of sp³-hybridized carbons (Fsp3) is 0.978. The first-order valence-corrected chi connectivity index (χ1v) is 25.7. The normalized spacial score (nSPS) is 32.7. The second-order valence-electron chi connectivity index (χ2n) is 19.2. The van der Waals surface area contributed by atoms with E-state index in [2.05, 4.69) is 62.8 Å². The Kier molecular flexibility index (Phi) is 21.7. The molecule has 0 aromatic rings. The molecule has 11 nitrogen and oxygen atoms in total. The largest absolute Gasteiger partial charge is 0.378 e. The quantitative estimate of drug-likeness (QED) is 0.0360. The highest BCUT2D eigenvalue weighted by atomic mass is 32.2. The van der Waals surface area contributed by atoms with Gasteiger partial charge in [-0.25, -0.2) is 0 Å². The third-order valence-electron chi connectivity index (χ3n) is 15.4. The van der Waals surface area contributed by atoms with Gasteiger partial charge in [0.25, 0.3) is 10.1 Å². The Bertz CT molecular complexity index is 1280. The number of hydrogen-bond donors (Lipinski definition) is 5. The van der Waals surface area contributed by atoms with Gasteiger partial charge in [0.2, 0.25) is 5.91 Å². The van der Waals surface area contributed by atoms with E-state index in [1.807, 2.05) is 0 Å². The van der Waals surface area contributed by atoms with Crippen molar-refractivity contribution in [2.45, 2.75) is 175 Å². The van der Waals surface area contributed by atoms with Crippen molar-refractivity contribution >= 4 is 16.0 Å². The summed E-state index contributed by atoms with van der Waals surface area (Å²) in [5.41, 5.74) is 0.179. The minimum Gasteiger partial charge on any atom is -0.378 e. The predicted molar refractivity (Wildman–Crippen MR) is 235 cm³/mol. The summed E-state index contributed by atoms with van der Waals surface area (Å²) in [7, 11) is -4.05. The molecule has 4 fully saturated rings. The number of unbranched alkanes of at least 4 members (excludes halogenated alkanes) is 5. The van der Waals surface area contributed by atoms with Gasteiger partial charge in [-0.05, 0) is 151 Å². The van der Waals surface area contributed by atoms with Gasteiger partial charge in [0.1, 0.15) is 5.88 Å². The summed E-state index contributed by atoms with van der Waals surface area (Å²) in [6.45, 7) is 21.4. The summed E-state index contributed by atoms with van der Waals surface area (Å²) in [4.78, 5) is 13.1. The highest BCUT2D eigenvalue weighted by Gasteiger charge is 2.66. The Balaban J connectivity index is 1.51. The third-order valence-corrected chi connectivity index (χ3v) is 16.0. The van der Waals surface area contributed by atoms with Crippen molar-refractivity contribution in [1.82, 2.24) is 21.3 Å². The maximum atomic E-state index is 13.1. The smallest absolute Gasteiger partial charge is 0.278 e. The number of hydrogen-bond acceptors (Lipinski definition) is 9. The molecule has 0 radical (unpaired) electrons. The van der Waals surface area contributed by atoms with E-state index >= 15 is 0 Å². The minimum atomic E-state index is -4.05. The molecular weight excluding hydrogens is 753 g/mol. The average Bonchev–Trinajstić information content (AvgIpc) is 3.55. The lowest BCUT2D eigenvalue weighted by Gasteiger charge is -2.65. The fourth-order valence-electron chi connectivity index (χ4n) is 12.3. The van der Waals surface area contributed by atoms with Gasteiger partial charge in [0.15, 0.2) is 0 Å². The van der Waals surface area contributed by atoms with Crippen molar-refractivity contribution in [2.24, 2.45) is 46.3 Å². The molecule has 11 atom stereocenters. The maximum absolute atomic E-state index is 13.1. The lowest BCUT2D eigenvalue weighted by molar-refractivity contribution is -0.227. The number of amides is 1. The molecule has 0 aromatic carbocycles. The molecule has 0 spiro atoms. The summed E-state index contributed by atoms with van der Waals surface area (Å²) in [5.74, 6) is 2.55. The van der Waals surface area contributed by atoms with E-state index in [1.165, 1.54) is 44.9 Å². The fourth-order valence-corrected chi connectivity index (χ4v) is 12.7. The molecule has 12 heteroatoms. The van der Waals surface area contributed by atoms with Crippen LogP contribution in [0.25, 0.3) is 0 Å². The molecule has 4 rings (SSSR count). The van der Waals surface area contributed by atoms with Gasteiger partial charge in [-0.15, -0.1) is 0 Å². The van der Waals surface area contributed by atoms with Crippen LogP contribution in [0.1, 0.15) is 157 Å². The summed E-state index contributed by atoms with van der Waals surface area (Å²) < 4.78 is 52.5. The number of nitrogens with one attached hydrogen (secondary N) is 4. The van der Waals surface area contributed by atoms with Crippen molar-refractivity contribution in [3.63, 3.8) is 0 Å². The first-order valence-electron chi connectivity index (χ1n) is 24.1. The maximum Gasteiger partial charge on any atom is 0.278 e. The van der Waals surface area contributed by atoms with E-state index in [9.17, 15) is 17.8 Å². The monoisotopic (exact) mass is 841 g/mol. The standard InChI is InChI=1S/C46H88N4O7S/c1-7-10-11-12-13-14-27-50-43(51)21-18-35(4)38-19-20-39-44-40(33-42(46(38,39)6)57-30-16-25-48-9-3)45(5)23-22-37(55-28-15-24-47-8-2)31-36(45)32-41(44)56-29-17-26-49-34-58(52,53)54/h35-42,44,47-49H,7-34H2,1-6H3,(H,50,51)(H,52,53,54)/t35-,36+,37?,38-,39+,40+,41-,42+,44+,45+,46-/m1/s1. The third kappa shape index (κ3) is 14.3. The Hall–Kier alpha value is -0.860. The second kappa shape index (κ2) is 25.3. The van der Waals surface area contributed by atoms with Crippen LogP contribution in [0.3, 0.4) is 0 Å². The van der Waals surface area contributed by atoms with Crippen LogP contribution in [0.2, 0.25) is 0 Å². The van der Waals surface area contributed by atoms with Gasteiger partial charge in [-0.1, -0.05) is 73.6 Å². The van der Waals surface area contributed by atoms with E-state index in [0.29, 0.717) is 61.5 Å². The number of fused-ring (bicyclic) bond motifs is 5. The zero-order valence-electron chi connectivity index (χ0n) is 37.8. The average molecular weight is 841 g/mol. The zero-order valence-corrected chi connectivity index (χ0v) is 38.6. The van der Waals surface area contributed by atoms with Crippen molar-refractivity contribution in [3.05, 3.63) is 0 Å². The van der Waals surface area contributed by atoms with Crippen molar-refractivity contribution < 1.29 is 32.0 Å². The minimum absolute atomic E-state index is 0.0115. The summed E-state index contributed by atoms with van der Waals surface area (Å²) in [6, 6.07) is 0. The van der Waals surface area contributed by atoms with Crippen molar-refractivity contribution in [1.29, 1.82) is 0 Å². The van der Waals surface area contributed by atoms with Gasteiger partial charge >= 0.3 is 0 Å². The Morgan fingerprint density at radius 3 is 2.10 bits per heavy atom. The van der Waals surface area contributed by atoms with Gasteiger partial charge < -0.3 is 35.5 Å². The Morgan fingerprint density at radius 2 is 1.41 bits per heavy atom. The molecule has 0 aliphatic heterocycles. The molecule has 0 heterocycles. The topological polar surface area (TPSA) is 147 Å². The molecule has 340 valence electrons. The number of rotatable bonds is 30. The SMILES string of the molecule is CCCCCCCCNC(=O)CC[C@@H](C)[C@H]1CC[C@H]2[C@@H]3[C@H](OCCCNCS(=O)(=O)O)C[C@@H]4CC(OCCCNCC)CC[C@]4(C)[C@H]3C[C@H](OCCCNCC)[C@]12C. The van der Waals surface area contributed by atoms with E-state index in [4.69, 9.17) is 14.2 Å². The molecule has 58 heavy (non-hydrogen) atoms. The molecule has 4 aliphatic rings. The molecule has 1 unspecified atom stereocenters. The van der Waals surface area contributed by atoms with Crippen molar-refractivity contribution in [2.75, 3.05) is 65.0 Å². The first kappa shape index (κ1) is 49.8. The zero-order chi connectivity index (χ0) is 42.0. The molecular formula is C46H88N4O7S. The van der Waals surface area contributed by atoms with Crippen LogP contribution < -0.4 is 21.3 Å². The Labute approximate surface area is 354 Å². The highest BCUT2D eigenvalue weighted by Crippen LogP contribution is 2.69. The van der Waals surface area contributed by atoms with E-state index < -0.39 is 16.0 Å². The van der Waals surface area contributed by atoms with Crippen LogP contribution in [-0.4, -0.2) is 102 Å². The van der Waals surface area contributed by atoms with Crippen LogP contribution in [0.15, 0.2) is 0 Å². The lowest BCUT2D eigenvalue weighted by atomic mass is 9.43. The second-order valence-corrected chi connectivity index (χ2v) is 20.6. The van der Waals surface area contributed by atoms with E-state index in [-0.39, 0.29) is 35.0 Å². The van der Waals surface area contributed by atoms with Gasteiger partial charge in [-0.3, -0.25) is 9.35 Å². The molecule has 0 saturated heterocycles. The van der Waals surface area contributed by atoms with E-state index in [1.54, 1.807) is 0 Å². The number of carbonyl (C=O) groups excluding carboxylic acids is 1. The Morgan fingerprint density at radius 1 is 0.759 bits per heavy atom. The molecule has 1 amide bonds. The molecule has 4 saturated carbocycles. The molecule has 5 N–H and O–H groups in total. The molecule has 0 aromatic heterocycles. The van der Waals surface area contributed by atoms with Crippen LogP contribution >= 0.6 is 0 Å². The lowest BCUT2D eigenvalue weighted by Crippen LogP contribution is -2.63. The summed E-state index contributed by atoms with van der Waals surface area (Å²) in [6.07, 6.45) is 19.9. The molecule has 0 bridgehead atoms. The summed E-state index contributed by atoms with van der Waals surface area (Å²) >= 11 is 0. The highest BCUT2D eigenvalue weighted by molar-refractivity contribution is 7.85. The van der Waals surface area contributed by atoms with Crippen LogP contribution in [0.5, 0.6) is 0 Å². The predicted octanol–water partition coefficient (Wildman–Crippen LogP) is 7.74. The first-order chi connectivity index (χ1) is 27.9. The van der Waals surface area contributed by atoms with Gasteiger partial charge in [0.05, 0.1) is 18.3 Å². The summed E-state index contributed by atoms with van der Waals surface area (Å²) in [5, 5.41) is 13.0. The van der Waals surface area contributed by atoms with Crippen LogP contribution in [0, 0.1) is 46.3 Å². The van der Waals surface area contributed by atoms with Crippen LogP contribution in [-0.2, 0) is 29.1 Å². The number of ether oxygens (including phenoxy) is 3. The van der Waals surface area contributed by atoms with E-state index in [0.717, 1.165) is 104 Å². The number of carbonyl (C=O) groups is 1.